The summed E-state index contributed by atoms with van der Waals surface area (Å²) in [6, 6.07) is 7.80. The number of aliphatic hydroxyl groups is 2. The molecular weight excluding hydrogens is 256 g/mol. The Bertz CT molecular complexity index is 368. The predicted molar refractivity (Wildman–Crippen MR) is 79.6 cm³/mol. The molecule has 0 saturated heterocycles. The fraction of sp³-hybridized carbons (Fsp3) is 0.600. The van der Waals surface area contributed by atoms with Crippen molar-refractivity contribution in [2.24, 2.45) is 5.73 Å². The molecule has 1 atom stereocenters. The lowest BCUT2D eigenvalue weighted by Gasteiger charge is -2.27. The molecule has 20 heavy (non-hydrogen) atoms. The molecule has 0 aromatic heterocycles. The Morgan fingerprint density at radius 3 is 2.40 bits per heavy atom. The van der Waals surface area contributed by atoms with Gasteiger partial charge in [-0.2, -0.15) is 0 Å². The zero-order valence-electron chi connectivity index (χ0n) is 12.3. The molecule has 5 heteroatoms. The van der Waals surface area contributed by atoms with Gasteiger partial charge in [0.25, 0.3) is 0 Å². The van der Waals surface area contributed by atoms with Crippen molar-refractivity contribution in [3.05, 3.63) is 29.8 Å². The summed E-state index contributed by atoms with van der Waals surface area (Å²) in [6.07, 6.45) is -0.585. The van der Waals surface area contributed by atoms with Crippen LogP contribution in [0, 0.1) is 0 Å². The van der Waals surface area contributed by atoms with Gasteiger partial charge in [0.15, 0.2) is 0 Å². The van der Waals surface area contributed by atoms with Gasteiger partial charge < -0.3 is 20.7 Å². The van der Waals surface area contributed by atoms with Crippen molar-refractivity contribution in [3.63, 3.8) is 0 Å². The Hall–Kier alpha value is -1.14. The molecule has 114 valence electrons. The van der Waals surface area contributed by atoms with Gasteiger partial charge >= 0.3 is 0 Å². The lowest BCUT2D eigenvalue weighted by atomic mass is 10.2. The van der Waals surface area contributed by atoms with Gasteiger partial charge in [0.2, 0.25) is 0 Å². The Labute approximate surface area is 121 Å². The lowest BCUT2D eigenvalue weighted by molar-refractivity contribution is 0.0502. The van der Waals surface area contributed by atoms with E-state index in [1.165, 1.54) is 0 Å². The third-order valence-corrected chi connectivity index (χ3v) is 3.16. The highest BCUT2D eigenvalue weighted by atomic mass is 16.5. The summed E-state index contributed by atoms with van der Waals surface area (Å²) in [6.45, 7) is 5.94. The first kappa shape index (κ1) is 16.9. The summed E-state index contributed by atoms with van der Waals surface area (Å²) in [5, 5.41) is 19.0. The summed E-state index contributed by atoms with van der Waals surface area (Å²) >= 11 is 0. The topological polar surface area (TPSA) is 79.0 Å². The van der Waals surface area contributed by atoms with Gasteiger partial charge in [0, 0.05) is 25.7 Å². The summed E-state index contributed by atoms with van der Waals surface area (Å²) in [4.78, 5) is 2.02. The van der Waals surface area contributed by atoms with Crippen LogP contribution in [-0.4, -0.2) is 53.6 Å². The van der Waals surface area contributed by atoms with Crippen LogP contribution in [0.2, 0.25) is 0 Å². The average Bonchev–Trinajstić information content (AvgIpc) is 2.45. The molecule has 0 spiro atoms. The Balaban J connectivity index is 2.39. The number of hydrogen-bond donors (Lipinski definition) is 3. The van der Waals surface area contributed by atoms with Crippen molar-refractivity contribution < 1.29 is 14.9 Å². The van der Waals surface area contributed by atoms with E-state index in [0.29, 0.717) is 19.6 Å². The first-order valence-electron chi connectivity index (χ1n) is 7.01. The van der Waals surface area contributed by atoms with Gasteiger partial charge in [-0.15, -0.1) is 0 Å². The van der Waals surface area contributed by atoms with Crippen LogP contribution in [0.1, 0.15) is 19.4 Å². The number of ether oxygens (including phenoxy) is 1. The van der Waals surface area contributed by atoms with Crippen molar-refractivity contribution in [1.29, 1.82) is 0 Å². The molecule has 0 bridgehead atoms. The number of benzene rings is 1. The van der Waals surface area contributed by atoms with E-state index < -0.39 is 6.10 Å². The van der Waals surface area contributed by atoms with Crippen LogP contribution >= 0.6 is 0 Å². The summed E-state index contributed by atoms with van der Waals surface area (Å²) in [5.74, 6) is 0.722. The highest BCUT2D eigenvalue weighted by Gasteiger charge is 2.14. The minimum absolute atomic E-state index is 0.0896. The van der Waals surface area contributed by atoms with Crippen molar-refractivity contribution in [2.45, 2.75) is 32.5 Å². The third-order valence-electron chi connectivity index (χ3n) is 3.16. The van der Waals surface area contributed by atoms with E-state index in [9.17, 15) is 5.11 Å². The van der Waals surface area contributed by atoms with Crippen LogP contribution in [0.4, 0.5) is 0 Å². The second-order valence-electron chi connectivity index (χ2n) is 5.13. The Morgan fingerprint density at radius 1 is 1.25 bits per heavy atom. The monoisotopic (exact) mass is 282 g/mol. The van der Waals surface area contributed by atoms with E-state index >= 15 is 0 Å². The first-order chi connectivity index (χ1) is 9.56. The molecule has 5 nitrogen and oxygen atoms in total. The van der Waals surface area contributed by atoms with E-state index in [0.717, 1.165) is 11.3 Å². The van der Waals surface area contributed by atoms with Crippen LogP contribution in [0.15, 0.2) is 24.3 Å². The van der Waals surface area contributed by atoms with Gasteiger partial charge in [-0.1, -0.05) is 12.1 Å². The molecule has 0 aliphatic carbocycles. The SMILES string of the molecule is CC(C)N(CCO)CC(O)COc1ccc(CN)cc1. The first-order valence-corrected chi connectivity index (χ1v) is 7.01. The molecule has 0 saturated carbocycles. The van der Waals surface area contributed by atoms with Crippen LogP contribution in [0.3, 0.4) is 0 Å². The van der Waals surface area contributed by atoms with Crippen LogP contribution < -0.4 is 10.5 Å². The Kier molecular flexibility index (Phi) is 7.54. The van der Waals surface area contributed by atoms with Gasteiger partial charge in [-0.3, -0.25) is 4.90 Å². The van der Waals surface area contributed by atoms with E-state index in [-0.39, 0.29) is 19.3 Å². The molecule has 0 fully saturated rings. The van der Waals surface area contributed by atoms with Gasteiger partial charge in [-0.05, 0) is 31.5 Å². The van der Waals surface area contributed by atoms with Crippen molar-refractivity contribution in [1.82, 2.24) is 4.90 Å². The molecule has 1 rings (SSSR count). The normalized spacial score (nSPS) is 12.9. The average molecular weight is 282 g/mol. The van der Waals surface area contributed by atoms with Crippen molar-refractivity contribution >= 4 is 0 Å². The number of nitrogens with two attached hydrogens (primary N) is 1. The second-order valence-corrected chi connectivity index (χ2v) is 5.13. The molecule has 1 aromatic carbocycles. The minimum Gasteiger partial charge on any atom is -0.491 e. The molecule has 0 radical (unpaired) electrons. The Morgan fingerprint density at radius 2 is 1.90 bits per heavy atom. The summed E-state index contributed by atoms with van der Waals surface area (Å²) in [5.41, 5.74) is 6.57. The number of hydrogen-bond acceptors (Lipinski definition) is 5. The fourth-order valence-electron chi connectivity index (χ4n) is 1.93. The molecule has 0 heterocycles. The molecule has 1 unspecified atom stereocenters. The summed E-state index contributed by atoms with van der Waals surface area (Å²) < 4.78 is 5.55. The molecule has 0 amide bonds. The molecule has 4 N–H and O–H groups in total. The minimum atomic E-state index is -0.585. The van der Waals surface area contributed by atoms with E-state index in [4.69, 9.17) is 15.6 Å². The van der Waals surface area contributed by atoms with Crippen LogP contribution in [0.5, 0.6) is 5.75 Å². The van der Waals surface area contributed by atoms with Gasteiger partial charge in [0.1, 0.15) is 18.5 Å². The van der Waals surface area contributed by atoms with Gasteiger partial charge in [-0.25, -0.2) is 0 Å². The largest absolute Gasteiger partial charge is 0.491 e. The lowest BCUT2D eigenvalue weighted by Crippen LogP contribution is -2.41. The van der Waals surface area contributed by atoms with Crippen LogP contribution in [0.25, 0.3) is 0 Å². The van der Waals surface area contributed by atoms with Crippen LogP contribution in [-0.2, 0) is 6.54 Å². The molecular formula is C15H26N2O3. The third kappa shape index (κ3) is 5.88. The zero-order valence-corrected chi connectivity index (χ0v) is 12.3. The van der Waals surface area contributed by atoms with E-state index in [1.54, 1.807) is 0 Å². The maximum atomic E-state index is 9.99. The van der Waals surface area contributed by atoms with Crippen molar-refractivity contribution in [2.75, 3.05) is 26.3 Å². The fourth-order valence-corrected chi connectivity index (χ4v) is 1.93. The highest BCUT2D eigenvalue weighted by molar-refractivity contribution is 5.27. The standard InChI is InChI=1S/C15H26N2O3/c1-12(2)17(7-8-18)10-14(19)11-20-15-5-3-13(9-16)4-6-15/h3-6,12,14,18-19H,7-11,16H2,1-2H3. The maximum absolute atomic E-state index is 9.99. The smallest absolute Gasteiger partial charge is 0.119 e. The number of rotatable bonds is 9. The number of nitrogens with zero attached hydrogens (tertiary/aromatic N) is 1. The maximum Gasteiger partial charge on any atom is 0.119 e. The predicted octanol–water partition coefficient (Wildman–Crippen LogP) is 0.588. The second kappa shape index (κ2) is 8.92. The zero-order chi connectivity index (χ0) is 15.0. The highest BCUT2D eigenvalue weighted by Crippen LogP contribution is 2.12. The van der Waals surface area contributed by atoms with E-state index in [1.807, 2.05) is 43.0 Å². The van der Waals surface area contributed by atoms with E-state index in [2.05, 4.69) is 0 Å². The van der Waals surface area contributed by atoms with Crippen molar-refractivity contribution in [3.8, 4) is 5.75 Å². The number of aliphatic hydroxyl groups excluding tert-OH is 2. The molecule has 0 aliphatic rings. The van der Waals surface area contributed by atoms with Gasteiger partial charge in [0.05, 0.1) is 6.61 Å². The quantitative estimate of drug-likeness (QED) is 0.618. The molecule has 1 aromatic rings. The molecule has 0 aliphatic heterocycles. The summed E-state index contributed by atoms with van der Waals surface area (Å²) in [7, 11) is 0.